The van der Waals surface area contributed by atoms with E-state index in [0.29, 0.717) is 18.7 Å². The molecule has 1 atom stereocenters. The largest absolute Gasteiger partial charge is 0.353 e. The third-order valence-electron chi connectivity index (χ3n) is 5.24. The van der Waals surface area contributed by atoms with Crippen LogP contribution in [0.4, 0.5) is 0 Å². The topological polar surface area (TPSA) is 62.3 Å². The highest BCUT2D eigenvalue weighted by molar-refractivity contribution is 5.99. The van der Waals surface area contributed by atoms with E-state index in [1.54, 1.807) is 11.1 Å². The van der Waals surface area contributed by atoms with E-state index in [1.165, 1.54) is 0 Å². The number of hydrogen-bond donors (Lipinski definition) is 1. The molecule has 142 valence electrons. The maximum Gasteiger partial charge on any atom is 0.254 e. The summed E-state index contributed by atoms with van der Waals surface area (Å²) >= 11 is 0. The summed E-state index contributed by atoms with van der Waals surface area (Å²) in [4.78, 5) is 31.4. The predicted octanol–water partition coefficient (Wildman–Crippen LogP) is 3.50. The van der Waals surface area contributed by atoms with Crippen LogP contribution in [0.15, 0.2) is 60.8 Å². The second-order valence-electron chi connectivity index (χ2n) is 7.43. The van der Waals surface area contributed by atoms with E-state index in [2.05, 4.69) is 16.4 Å². The molecule has 1 unspecified atom stereocenters. The highest BCUT2D eigenvalue weighted by atomic mass is 16.2. The van der Waals surface area contributed by atoms with Gasteiger partial charge in [0.25, 0.3) is 5.91 Å². The molecular formula is C23H23N3O2. The average molecular weight is 373 g/mol. The summed E-state index contributed by atoms with van der Waals surface area (Å²) in [6, 6.07) is 17.2. The molecule has 1 N–H and O–H groups in total. The van der Waals surface area contributed by atoms with Gasteiger partial charge in [0.15, 0.2) is 0 Å². The molecule has 1 saturated heterocycles. The Kier molecular flexibility index (Phi) is 4.82. The van der Waals surface area contributed by atoms with E-state index < -0.39 is 6.04 Å². The van der Waals surface area contributed by atoms with Crippen LogP contribution in [-0.2, 0) is 4.79 Å². The molecule has 1 aliphatic heterocycles. The van der Waals surface area contributed by atoms with Gasteiger partial charge in [-0.15, -0.1) is 0 Å². The van der Waals surface area contributed by atoms with Crippen molar-refractivity contribution in [2.45, 2.75) is 19.9 Å². The lowest BCUT2D eigenvalue weighted by Gasteiger charge is -2.37. The number of benzene rings is 2. The van der Waals surface area contributed by atoms with Crippen LogP contribution in [0, 0.1) is 5.92 Å². The molecule has 1 aliphatic rings. The molecule has 1 fully saturated rings. The van der Waals surface area contributed by atoms with Crippen LogP contribution in [0.1, 0.15) is 24.2 Å². The molecule has 2 amide bonds. The lowest BCUT2D eigenvalue weighted by atomic mass is 9.97. The van der Waals surface area contributed by atoms with Gasteiger partial charge in [-0.05, 0) is 41.3 Å². The summed E-state index contributed by atoms with van der Waals surface area (Å²) in [6.45, 7) is 4.96. The molecule has 1 aromatic heterocycles. The number of hydrogen-bond acceptors (Lipinski definition) is 3. The van der Waals surface area contributed by atoms with Crippen LogP contribution in [0.5, 0.6) is 0 Å². The lowest BCUT2D eigenvalue weighted by molar-refractivity contribution is -0.129. The van der Waals surface area contributed by atoms with Crippen molar-refractivity contribution in [3.8, 4) is 11.1 Å². The molecule has 4 rings (SSSR count). The molecular weight excluding hydrogens is 350 g/mol. The zero-order chi connectivity index (χ0) is 19.7. The van der Waals surface area contributed by atoms with Gasteiger partial charge < -0.3 is 10.2 Å². The number of piperazine rings is 1. The summed E-state index contributed by atoms with van der Waals surface area (Å²) in [6.07, 6.45) is 1.80. The second-order valence-corrected chi connectivity index (χ2v) is 7.43. The number of para-hydroxylation sites is 1. The van der Waals surface area contributed by atoms with E-state index in [9.17, 15) is 9.59 Å². The van der Waals surface area contributed by atoms with Gasteiger partial charge in [0.2, 0.25) is 5.91 Å². The van der Waals surface area contributed by atoms with Crippen molar-refractivity contribution < 1.29 is 9.59 Å². The molecule has 5 nitrogen and oxygen atoms in total. The van der Waals surface area contributed by atoms with Gasteiger partial charge in [-0.1, -0.05) is 44.2 Å². The van der Waals surface area contributed by atoms with Crippen molar-refractivity contribution in [1.82, 2.24) is 15.2 Å². The minimum atomic E-state index is -0.426. The number of fused-ring (bicyclic) bond motifs is 1. The normalized spacial score (nSPS) is 17.0. The second kappa shape index (κ2) is 7.43. The van der Waals surface area contributed by atoms with Gasteiger partial charge in [0.05, 0.1) is 5.52 Å². The van der Waals surface area contributed by atoms with Crippen molar-refractivity contribution in [3.63, 3.8) is 0 Å². The van der Waals surface area contributed by atoms with E-state index in [1.807, 2.05) is 62.4 Å². The van der Waals surface area contributed by atoms with Crippen LogP contribution in [0.3, 0.4) is 0 Å². The van der Waals surface area contributed by atoms with Gasteiger partial charge in [0, 0.05) is 30.2 Å². The van der Waals surface area contributed by atoms with Gasteiger partial charge >= 0.3 is 0 Å². The molecule has 0 radical (unpaired) electrons. The Labute approximate surface area is 164 Å². The predicted molar refractivity (Wildman–Crippen MR) is 110 cm³/mol. The standard InChI is InChI=1S/C23H23N3O2/c1-15(2)21-22(27)25-13-14-26(21)23(28)17-9-7-16(8-10-17)18-11-12-24-20-6-4-3-5-19(18)20/h3-12,15,21H,13-14H2,1-2H3,(H,25,27). The highest BCUT2D eigenvalue weighted by Crippen LogP contribution is 2.28. The van der Waals surface area contributed by atoms with Crippen molar-refractivity contribution in [2.24, 2.45) is 5.92 Å². The third-order valence-corrected chi connectivity index (χ3v) is 5.24. The average Bonchev–Trinajstić information content (AvgIpc) is 2.72. The van der Waals surface area contributed by atoms with Crippen molar-refractivity contribution in [2.75, 3.05) is 13.1 Å². The molecule has 0 spiro atoms. The first-order chi connectivity index (χ1) is 13.6. The van der Waals surface area contributed by atoms with E-state index >= 15 is 0 Å². The van der Waals surface area contributed by atoms with Crippen LogP contribution >= 0.6 is 0 Å². The molecule has 0 saturated carbocycles. The Hall–Kier alpha value is -3.21. The monoisotopic (exact) mass is 373 g/mol. The van der Waals surface area contributed by atoms with Crippen LogP contribution in [0.2, 0.25) is 0 Å². The first-order valence-electron chi connectivity index (χ1n) is 9.59. The molecule has 2 heterocycles. The Morgan fingerprint density at radius 1 is 1.11 bits per heavy atom. The van der Waals surface area contributed by atoms with Crippen LogP contribution < -0.4 is 5.32 Å². The summed E-state index contributed by atoms with van der Waals surface area (Å²) in [5, 5.41) is 3.94. The molecule has 0 bridgehead atoms. The highest BCUT2D eigenvalue weighted by Gasteiger charge is 2.35. The number of carbonyl (C=O) groups excluding carboxylic acids is 2. The number of pyridine rings is 1. The zero-order valence-electron chi connectivity index (χ0n) is 16.1. The number of nitrogens with one attached hydrogen (secondary N) is 1. The molecule has 2 aromatic carbocycles. The lowest BCUT2D eigenvalue weighted by Crippen LogP contribution is -2.59. The summed E-state index contributed by atoms with van der Waals surface area (Å²) in [5.41, 5.74) is 3.66. The molecule has 5 heteroatoms. The zero-order valence-corrected chi connectivity index (χ0v) is 16.1. The minimum Gasteiger partial charge on any atom is -0.353 e. The van der Waals surface area contributed by atoms with Gasteiger partial charge in [0.1, 0.15) is 6.04 Å². The quantitative estimate of drug-likeness (QED) is 0.764. The fourth-order valence-electron chi connectivity index (χ4n) is 3.88. The van der Waals surface area contributed by atoms with E-state index in [-0.39, 0.29) is 17.7 Å². The van der Waals surface area contributed by atoms with Gasteiger partial charge in [-0.2, -0.15) is 0 Å². The first-order valence-corrected chi connectivity index (χ1v) is 9.59. The van der Waals surface area contributed by atoms with Crippen LogP contribution in [-0.4, -0.2) is 40.8 Å². The first kappa shape index (κ1) is 18.2. The van der Waals surface area contributed by atoms with Gasteiger partial charge in [-0.25, -0.2) is 0 Å². The van der Waals surface area contributed by atoms with Gasteiger partial charge in [-0.3, -0.25) is 14.6 Å². The fraction of sp³-hybridized carbons (Fsp3) is 0.261. The Morgan fingerprint density at radius 3 is 2.61 bits per heavy atom. The number of rotatable bonds is 3. The minimum absolute atomic E-state index is 0.0618. The molecule has 28 heavy (non-hydrogen) atoms. The smallest absolute Gasteiger partial charge is 0.254 e. The number of nitrogens with zero attached hydrogens (tertiary/aromatic N) is 2. The summed E-state index contributed by atoms with van der Waals surface area (Å²) in [5.74, 6) is -0.110. The van der Waals surface area contributed by atoms with Crippen LogP contribution in [0.25, 0.3) is 22.0 Å². The fourth-order valence-corrected chi connectivity index (χ4v) is 3.88. The molecule has 0 aliphatic carbocycles. The third kappa shape index (κ3) is 3.24. The SMILES string of the molecule is CC(C)C1C(=O)NCCN1C(=O)c1ccc(-c2ccnc3ccccc23)cc1. The maximum absolute atomic E-state index is 13.1. The number of aromatic nitrogens is 1. The van der Waals surface area contributed by atoms with E-state index in [4.69, 9.17) is 0 Å². The van der Waals surface area contributed by atoms with Crippen molar-refractivity contribution in [1.29, 1.82) is 0 Å². The van der Waals surface area contributed by atoms with Crippen molar-refractivity contribution >= 4 is 22.7 Å². The molecule has 3 aromatic rings. The summed E-state index contributed by atoms with van der Waals surface area (Å²) < 4.78 is 0. The Morgan fingerprint density at radius 2 is 1.86 bits per heavy atom. The Balaban J connectivity index is 1.64. The number of carbonyl (C=O) groups is 2. The van der Waals surface area contributed by atoms with E-state index in [0.717, 1.165) is 22.0 Å². The Bertz CT molecular complexity index is 1020. The maximum atomic E-state index is 13.1. The number of amides is 2. The van der Waals surface area contributed by atoms with Crippen molar-refractivity contribution in [3.05, 3.63) is 66.4 Å². The summed E-state index contributed by atoms with van der Waals surface area (Å²) in [7, 11) is 0.